The van der Waals surface area contributed by atoms with Crippen molar-refractivity contribution in [1.82, 2.24) is 0 Å². The number of nitrogens with one attached hydrogen (secondary N) is 2. The van der Waals surface area contributed by atoms with E-state index in [9.17, 15) is 58.3 Å². The summed E-state index contributed by atoms with van der Waals surface area (Å²) < 4.78 is 303. The van der Waals surface area contributed by atoms with Crippen molar-refractivity contribution in [3.05, 3.63) is 176 Å². The lowest BCUT2D eigenvalue weighted by Crippen LogP contribution is -3.06. The van der Waals surface area contributed by atoms with Crippen molar-refractivity contribution in [3.8, 4) is 0 Å². The highest BCUT2D eigenvalue weighted by Crippen LogP contribution is 2.69. The Hall–Kier alpha value is -5.70. The molecule has 0 aromatic heterocycles. The number of halogens is 20. The Kier molecular flexibility index (Phi) is 18.0. The van der Waals surface area contributed by atoms with Crippen LogP contribution in [-0.2, 0) is 21.6 Å². The Morgan fingerprint density at radius 1 is 0.443 bits per heavy atom. The summed E-state index contributed by atoms with van der Waals surface area (Å²) in [5, 5.41) is 23.2. The Bertz CT molecular complexity index is 2600. The quantitative estimate of drug-likeness (QED) is 0.0606. The van der Waals surface area contributed by atoms with Gasteiger partial charge in [-0.1, -0.05) is 36.4 Å². The predicted molar refractivity (Wildman–Crippen MR) is 203 cm³/mol. The van der Waals surface area contributed by atoms with E-state index in [1.165, 1.54) is 37.6 Å². The van der Waals surface area contributed by atoms with Crippen LogP contribution in [0.25, 0.3) is 0 Å². The SMILES string of the molecule is CC[NH+](CC)c1ccccc1.CC[NH+](CC)c1ccccc1.[O-]B([O-])OC1(c2c(F)c(F)c(F)c(F)c2F)C(F)=C(F)C(F)C(F)(c2c(F)c(F)c(F)c(F)c2F)C1(F)c1c(F)c(F)c(F)c(F)c1F. The maximum atomic E-state index is 17.8. The minimum Gasteiger partial charge on any atom is -0.871 e. The van der Waals surface area contributed by atoms with Crippen LogP contribution in [0.1, 0.15) is 44.4 Å². The molecule has 0 amide bonds. The summed E-state index contributed by atoms with van der Waals surface area (Å²) in [7, 11) is -5.01. The molecule has 0 saturated carbocycles. The lowest BCUT2D eigenvalue weighted by atomic mass is 9.57. The van der Waals surface area contributed by atoms with E-state index in [2.05, 4.69) is 93.0 Å². The molecule has 0 saturated heterocycles. The molecule has 26 heteroatoms. The summed E-state index contributed by atoms with van der Waals surface area (Å²) >= 11 is 0. The number of benzene rings is 5. The van der Waals surface area contributed by atoms with Crippen molar-refractivity contribution < 1.29 is 112 Å². The van der Waals surface area contributed by atoms with Gasteiger partial charge in [0.25, 0.3) is 0 Å². The van der Waals surface area contributed by atoms with Gasteiger partial charge in [-0.25, -0.2) is 87.8 Å². The third-order valence-electron chi connectivity index (χ3n) is 11.1. The number of rotatable bonds is 11. The largest absolute Gasteiger partial charge is 0.871 e. The van der Waals surface area contributed by atoms with Crippen LogP contribution in [-0.4, -0.2) is 39.7 Å². The normalized spacial score (nSPS) is 20.1. The summed E-state index contributed by atoms with van der Waals surface area (Å²) in [6, 6.07) is 21.2. The van der Waals surface area contributed by atoms with Crippen molar-refractivity contribution in [2.24, 2.45) is 0 Å². The van der Waals surface area contributed by atoms with E-state index in [0.717, 1.165) is 0 Å². The van der Waals surface area contributed by atoms with Gasteiger partial charge >= 0.3 is 0 Å². The molecule has 2 N–H and O–H groups in total. The number of alkyl halides is 3. The van der Waals surface area contributed by atoms with Crippen molar-refractivity contribution in [1.29, 1.82) is 0 Å². The van der Waals surface area contributed by atoms with E-state index in [0.29, 0.717) is 0 Å². The number of hydrogen-bond acceptors (Lipinski definition) is 3. The molecule has 0 fully saturated rings. The molecule has 0 bridgehead atoms. The molecule has 5 aromatic rings. The molecule has 0 aliphatic heterocycles. The zero-order valence-electron chi connectivity index (χ0n) is 36.0. The van der Waals surface area contributed by atoms with Crippen molar-refractivity contribution >= 4 is 18.7 Å². The van der Waals surface area contributed by atoms with Crippen LogP contribution in [0.3, 0.4) is 0 Å². The molecule has 1 aliphatic carbocycles. The third-order valence-corrected chi connectivity index (χ3v) is 11.1. The van der Waals surface area contributed by atoms with Crippen molar-refractivity contribution in [3.63, 3.8) is 0 Å². The fraction of sp³-hybridized carbons (Fsp3) is 0.273. The average Bonchev–Trinajstić information content (AvgIpc) is 3.35. The van der Waals surface area contributed by atoms with E-state index in [4.69, 9.17) is 0 Å². The fourth-order valence-corrected chi connectivity index (χ4v) is 7.72. The zero-order chi connectivity index (χ0) is 53.1. The van der Waals surface area contributed by atoms with Crippen LogP contribution in [0.2, 0.25) is 0 Å². The molecule has 4 unspecified atom stereocenters. The van der Waals surface area contributed by atoms with Crippen LogP contribution < -0.4 is 19.8 Å². The van der Waals surface area contributed by atoms with Crippen LogP contribution in [0.4, 0.5) is 99.2 Å². The second-order valence-corrected chi connectivity index (χ2v) is 14.7. The summed E-state index contributed by atoms with van der Waals surface area (Å²) in [4.78, 5) is 3.09. The Morgan fingerprint density at radius 3 is 1.00 bits per heavy atom. The molecule has 0 heterocycles. The highest BCUT2D eigenvalue weighted by Gasteiger charge is 2.81. The van der Waals surface area contributed by atoms with Gasteiger partial charge in [0.1, 0.15) is 11.4 Å². The second-order valence-electron chi connectivity index (χ2n) is 14.7. The Labute approximate surface area is 384 Å². The lowest BCUT2D eigenvalue weighted by Gasteiger charge is -2.57. The molecular formula is C44H33BF20N2O3. The summed E-state index contributed by atoms with van der Waals surface area (Å²) in [5.74, 6) is -64.6. The molecule has 5 nitrogen and oxygen atoms in total. The van der Waals surface area contributed by atoms with Gasteiger partial charge < -0.3 is 24.5 Å². The average molecular weight is 1030 g/mol. The van der Waals surface area contributed by atoms with Gasteiger partial charge in [0.15, 0.2) is 93.2 Å². The van der Waals surface area contributed by atoms with E-state index in [1.54, 1.807) is 9.80 Å². The van der Waals surface area contributed by atoms with Crippen LogP contribution in [0.15, 0.2) is 72.3 Å². The second kappa shape index (κ2) is 22.2. The zero-order valence-corrected chi connectivity index (χ0v) is 36.0. The van der Waals surface area contributed by atoms with Crippen LogP contribution >= 0.6 is 0 Å². The first-order chi connectivity index (χ1) is 32.7. The molecule has 5 aromatic carbocycles. The monoisotopic (exact) mass is 1030 g/mol. The summed E-state index contributed by atoms with van der Waals surface area (Å²) in [6.07, 6.45) is -5.64. The van der Waals surface area contributed by atoms with Crippen molar-refractivity contribution in [2.75, 3.05) is 26.2 Å². The first-order valence-electron chi connectivity index (χ1n) is 20.1. The molecule has 0 spiro atoms. The van der Waals surface area contributed by atoms with Gasteiger partial charge in [-0.2, -0.15) is 0 Å². The molecule has 4 atom stereocenters. The molecule has 6 rings (SSSR count). The van der Waals surface area contributed by atoms with E-state index < -0.39 is 146 Å². The lowest BCUT2D eigenvalue weighted by molar-refractivity contribution is -0.828. The summed E-state index contributed by atoms with van der Waals surface area (Å²) in [6.45, 7) is 13.5. The number of hydrogen-bond donors (Lipinski definition) is 2. The molecule has 1 aliphatic rings. The molecule has 70 heavy (non-hydrogen) atoms. The highest BCUT2D eigenvalue weighted by molar-refractivity contribution is 6.28. The van der Waals surface area contributed by atoms with Crippen LogP contribution in [0.5, 0.6) is 0 Å². The number of allylic oxidation sites excluding steroid dienone is 1. The number of quaternary nitrogens is 2. The van der Waals surface area contributed by atoms with Crippen LogP contribution in [0, 0.1) is 87.3 Å². The van der Waals surface area contributed by atoms with Gasteiger partial charge in [-0.15, -0.1) is 0 Å². The topological polar surface area (TPSA) is 64.2 Å². The maximum absolute atomic E-state index is 17.8. The minimum absolute atomic E-state index is 1.17. The molecular weight excluding hydrogens is 995 g/mol. The predicted octanol–water partition coefficient (Wildman–Crippen LogP) is 8.41. The third kappa shape index (κ3) is 9.23. The smallest absolute Gasteiger partial charge is 0.221 e. The minimum atomic E-state index is -7.33. The van der Waals surface area contributed by atoms with E-state index in [1.807, 2.05) is 0 Å². The van der Waals surface area contributed by atoms with Gasteiger partial charge in [-0.05, 0) is 52.0 Å². The highest BCUT2D eigenvalue weighted by atomic mass is 19.2. The van der Waals surface area contributed by atoms with Crippen molar-refractivity contribution in [2.45, 2.75) is 50.8 Å². The van der Waals surface area contributed by atoms with E-state index in [-0.39, 0.29) is 0 Å². The van der Waals surface area contributed by atoms with Gasteiger partial charge in [-0.3, -0.25) is 0 Å². The maximum Gasteiger partial charge on any atom is 0.221 e. The molecule has 0 radical (unpaired) electrons. The first kappa shape index (κ1) is 56.9. The van der Waals surface area contributed by atoms with E-state index >= 15 is 39.5 Å². The summed E-state index contributed by atoms with van der Waals surface area (Å²) in [5.41, 5.74) is -30.4. The standard InChI is InChI=1S/C24HBF20O3.2C10H15N/c26-4-1(5(27)11(33)16(38)10(4)32)22(44)20(42)19(41)21(43)23(48-25(46)47,2-6(28)12(34)17(39)13(35)7(2)29)24(22,45)3-8(30)14(36)18(40)15(37)9(3)31;2*1-3-11(4-2)10-8-6-5-7-9-10/h20H;2*5-9H,3-4H2,1-2H3/q-2;;/p+2. The molecule has 380 valence electrons. The number of para-hydroxylation sites is 2. The Morgan fingerprint density at radius 2 is 0.714 bits per heavy atom. The van der Waals surface area contributed by atoms with Gasteiger partial charge in [0, 0.05) is 0 Å². The van der Waals surface area contributed by atoms with Gasteiger partial charge in [0.05, 0.1) is 50.2 Å². The fourth-order valence-electron chi connectivity index (χ4n) is 7.72. The first-order valence-corrected chi connectivity index (χ1v) is 20.1. The van der Waals surface area contributed by atoms with Gasteiger partial charge in [0.2, 0.25) is 28.8 Å². The Balaban J connectivity index is 0.000000393.